The van der Waals surface area contributed by atoms with Crippen LogP contribution in [0.4, 0.5) is 0 Å². The highest BCUT2D eigenvalue weighted by Gasteiger charge is 1.70. The molecule has 0 aliphatic rings. The van der Waals surface area contributed by atoms with Crippen LogP contribution < -0.4 is 0 Å². The summed E-state index contributed by atoms with van der Waals surface area (Å²) in [7, 11) is 1.78. The second-order valence-corrected chi connectivity index (χ2v) is 1.02. The van der Waals surface area contributed by atoms with Crippen LogP contribution in [0.25, 0.3) is 0 Å². The van der Waals surface area contributed by atoms with Gasteiger partial charge in [-0.1, -0.05) is 21.3 Å². The van der Waals surface area contributed by atoms with Gasteiger partial charge in [0.05, 0.1) is 12.4 Å². The van der Waals surface area contributed by atoms with Crippen molar-refractivity contribution in [3.8, 4) is 0 Å². The van der Waals surface area contributed by atoms with Gasteiger partial charge in [-0.2, -0.15) is 15.0 Å². The van der Waals surface area contributed by atoms with Crippen LogP contribution in [-0.2, 0) is 7.05 Å². The van der Waals surface area contributed by atoms with Gasteiger partial charge in [-0.3, -0.25) is 0 Å². The van der Waals surface area contributed by atoms with Crippen molar-refractivity contribution >= 4 is 0 Å². The molecule has 3 heteroatoms. The van der Waals surface area contributed by atoms with Crippen LogP contribution in [0.3, 0.4) is 0 Å². The van der Waals surface area contributed by atoms with Gasteiger partial charge in [-0.05, 0) is 0 Å². The standard InChI is InChI=1S/C3H5N3.C2H6.CH4/c1-6-4-2-3-5-6;1-2;/h2-3H,1H3;1-2H3;1H4. The van der Waals surface area contributed by atoms with Crippen molar-refractivity contribution in [2.24, 2.45) is 7.05 Å². The molecule has 0 radical (unpaired) electrons. The van der Waals surface area contributed by atoms with E-state index in [1.165, 1.54) is 4.80 Å². The quantitative estimate of drug-likeness (QED) is 0.531. The third-order valence-electron chi connectivity index (χ3n) is 0.534. The predicted octanol–water partition coefficient (Wildman–Crippen LogP) is 1.48. The number of aryl methyl sites for hydroxylation is 1. The van der Waals surface area contributed by atoms with Gasteiger partial charge in [0.1, 0.15) is 0 Å². The first kappa shape index (κ1) is 11.0. The Morgan fingerprint density at radius 2 is 1.44 bits per heavy atom. The number of rotatable bonds is 0. The third-order valence-corrected chi connectivity index (χ3v) is 0.534. The van der Waals surface area contributed by atoms with Gasteiger partial charge in [0, 0.05) is 7.05 Å². The highest BCUT2D eigenvalue weighted by atomic mass is 15.4. The summed E-state index contributed by atoms with van der Waals surface area (Å²) >= 11 is 0. The van der Waals surface area contributed by atoms with E-state index in [9.17, 15) is 0 Å². The average Bonchev–Trinajstić information content (AvgIpc) is 2.24. The molecule has 0 saturated heterocycles. The molecule has 0 N–H and O–H groups in total. The SMILES string of the molecule is C.CC.Cn1nccn1. The smallest absolute Gasteiger partial charge is 0.0692 e. The fraction of sp³-hybridized carbons (Fsp3) is 0.667. The number of nitrogens with zero attached hydrogens (tertiary/aromatic N) is 3. The fourth-order valence-corrected chi connectivity index (χ4v) is 0.282. The molecule has 0 aromatic carbocycles. The summed E-state index contributed by atoms with van der Waals surface area (Å²) in [6, 6.07) is 0. The van der Waals surface area contributed by atoms with Gasteiger partial charge in [0.2, 0.25) is 0 Å². The lowest BCUT2D eigenvalue weighted by Crippen LogP contribution is -1.89. The van der Waals surface area contributed by atoms with Crippen molar-refractivity contribution in [2.45, 2.75) is 21.3 Å². The van der Waals surface area contributed by atoms with Crippen molar-refractivity contribution in [3.05, 3.63) is 12.4 Å². The number of hydrogen-bond donors (Lipinski definition) is 0. The summed E-state index contributed by atoms with van der Waals surface area (Å²) in [5.41, 5.74) is 0. The Kier molecular flexibility index (Phi) is 8.73. The lowest BCUT2D eigenvalue weighted by atomic mass is 11.0. The van der Waals surface area contributed by atoms with E-state index in [0.29, 0.717) is 0 Å². The maximum atomic E-state index is 3.72. The normalized spacial score (nSPS) is 6.56. The Morgan fingerprint density at radius 1 is 1.11 bits per heavy atom. The zero-order valence-electron chi connectivity index (χ0n) is 5.50. The highest BCUT2D eigenvalue weighted by Crippen LogP contribution is 1.64. The molecule has 9 heavy (non-hydrogen) atoms. The molecule has 0 unspecified atom stereocenters. The van der Waals surface area contributed by atoms with Crippen LogP contribution in [0.15, 0.2) is 12.4 Å². The van der Waals surface area contributed by atoms with Crippen LogP contribution in [0.5, 0.6) is 0 Å². The first-order valence-electron chi connectivity index (χ1n) is 2.70. The molecule has 54 valence electrons. The minimum absolute atomic E-state index is 0. The lowest BCUT2D eigenvalue weighted by Gasteiger charge is -1.75. The van der Waals surface area contributed by atoms with Crippen LogP contribution in [-0.4, -0.2) is 15.0 Å². The van der Waals surface area contributed by atoms with Crippen molar-refractivity contribution in [3.63, 3.8) is 0 Å². The van der Waals surface area contributed by atoms with Gasteiger partial charge in [0.15, 0.2) is 0 Å². The lowest BCUT2D eigenvalue weighted by molar-refractivity contribution is 0.654. The molecule has 0 bridgehead atoms. The molecule has 0 aliphatic heterocycles. The largest absolute Gasteiger partial charge is 0.188 e. The summed E-state index contributed by atoms with van der Waals surface area (Å²) in [4.78, 5) is 1.50. The minimum atomic E-state index is 0. The second-order valence-electron chi connectivity index (χ2n) is 1.02. The second kappa shape index (κ2) is 7.14. The van der Waals surface area contributed by atoms with E-state index in [0.717, 1.165) is 0 Å². The summed E-state index contributed by atoms with van der Waals surface area (Å²) in [6.07, 6.45) is 3.28. The van der Waals surface area contributed by atoms with E-state index in [-0.39, 0.29) is 7.43 Å². The van der Waals surface area contributed by atoms with Crippen molar-refractivity contribution in [1.82, 2.24) is 15.0 Å². The molecule has 0 saturated carbocycles. The van der Waals surface area contributed by atoms with Gasteiger partial charge >= 0.3 is 0 Å². The molecule has 1 rings (SSSR count). The predicted molar refractivity (Wildman–Crippen MR) is 39.1 cm³/mol. The van der Waals surface area contributed by atoms with Crippen LogP contribution in [0.2, 0.25) is 0 Å². The molecule has 0 amide bonds. The Morgan fingerprint density at radius 3 is 1.56 bits per heavy atom. The minimum Gasteiger partial charge on any atom is -0.188 e. The van der Waals surface area contributed by atoms with E-state index < -0.39 is 0 Å². The molecule has 3 nitrogen and oxygen atoms in total. The molecular formula is C6H15N3. The van der Waals surface area contributed by atoms with Crippen LogP contribution in [0.1, 0.15) is 21.3 Å². The molecule has 0 spiro atoms. The Labute approximate surface area is 56.7 Å². The first-order valence-corrected chi connectivity index (χ1v) is 2.70. The average molecular weight is 129 g/mol. The molecule has 0 atom stereocenters. The van der Waals surface area contributed by atoms with E-state index in [4.69, 9.17) is 0 Å². The van der Waals surface area contributed by atoms with Gasteiger partial charge in [0.25, 0.3) is 0 Å². The van der Waals surface area contributed by atoms with E-state index in [1.807, 2.05) is 13.8 Å². The molecular weight excluding hydrogens is 114 g/mol. The molecule has 0 fully saturated rings. The first-order chi connectivity index (χ1) is 3.89. The van der Waals surface area contributed by atoms with Crippen LogP contribution >= 0.6 is 0 Å². The number of aromatic nitrogens is 3. The van der Waals surface area contributed by atoms with Gasteiger partial charge < -0.3 is 0 Å². The maximum absolute atomic E-state index is 3.72. The molecule has 1 aromatic heterocycles. The monoisotopic (exact) mass is 129 g/mol. The molecule has 1 aromatic rings. The topological polar surface area (TPSA) is 30.7 Å². The van der Waals surface area contributed by atoms with Crippen LogP contribution in [0, 0.1) is 0 Å². The third kappa shape index (κ3) is 5.00. The number of hydrogen-bond acceptors (Lipinski definition) is 2. The summed E-state index contributed by atoms with van der Waals surface area (Å²) in [5.74, 6) is 0. The summed E-state index contributed by atoms with van der Waals surface area (Å²) in [6.45, 7) is 4.00. The Balaban J connectivity index is 0. The van der Waals surface area contributed by atoms with E-state index in [2.05, 4.69) is 10.2 Å². The Hall–Kier alpha value is -0.860. The summed E-state index contributed by atoms with van der Waals surface area (Å²) < 4.78 is 0. The van der Waals surface area contributed by atoms with E-state index in [1.54, 1.807) is 19.4 Å². The van der Waals surface area contributed by atoms with E-state index >= 15 is 0 Å². The van der Waals surface area contributed by atoms with Crippen molar-refractivity contribution in [1.29, 1.82) is 0 Å². The zero-order chi connectivity index (χ0) is 6.41. The fourth-order valence-electron chi connectivity index (χ4n) is 0.282. The molecule has 0 aliphatic carbocycles. The summed E-state index contributed by atoms with van der Waals surface area (Å²) in [5, 5.41) is 7.44. The maximum Gasteiger partial charge on any atom is 0.0692 e. The van der Waals surface area contributed by atoms with Gasteiger partial charge in [-0.15, -0.1) is 0 Å². The van der Waals surface area contributed by atoms with Crippen molar-refractivity contribution in [2.75, 3.05) is 0 Å². The van der Waals surface area contributed by atoms with Crippen molar-refractivity contribution < 1.29 is 0 Å². The van der Waals surface area contributed by atoms with Gasteiger partial charge in [-0.25, -0.2) is 0 Å². The molecule has 1 heterocycles. The Bertz CT molecular complexity index is 112. The zero-order valence-corrected chi connectivity index (χ0v) is 5.50. The highest BCUT2D eigenvalue weighted by molar-refractivity contribution is 4.57.